The maximum Gasteiger partial charge on any atom is 0.333 e. The average molecular weight is 579 g/mol. The van der Waals surface area contributed by atoms with E-state index in [9.17, 15) is 18.3 Å². The Kier molecular flexibility index (Phi) is 8.10. The number of anilines is 1. The summed E-state index contributed by atoms with van der Waals surface area (Å²) in [5.41, 5.74) is 2.50. The maximum atomic E-state index is 13.5. The van der Waals surface area contributed by atoms with Gasteiger partial charge in [0.2, 0.25) is 5.78 Å². The van der Waals surface area contributed by atoms with Gasteiger partial charge in [0.05, 0.1) is 23.2 Å². The van der Waals surface area contributed by atoms with E-state index < -0.39 is 22.3 Å². The highest BCUT2D eigenvalue weighted by Gasteiger charge is 2.35. The second kappa shape index (κ2) is 11.3. The number of ether oxygens (including phenoxy) is 1. The lowest BCUT2D eigenvalue weighted by molar-refractivity contribution is 0.0865. The number of aliphatic hydroxyl groups is 1. The SMILES string of the molecule is NS(=O)(=O)OC[C@H]1C[C@@H](Nc2ncncc2C(=O)c2ccc([C@H]3OCCCc4ccc(Cl)cc43)s2)C[C@@H]1O. The van der Waals surface area contributed by atoms with Gasteiger partial charge >= 0.3 is 10.3 Å². The predicted octanol–water partition coefficient (Wildman–Crippen LogP) is 3.25. The average Bonchev–Trinajstić information content (AvgIpc) is 3.44. The minimum absolute atomic E-state index is 0.219. The van der Waals surface area contributed by atoms with Crippen LogP contribution in [0.15, 0.2) is 42.9 Å². The normalized spacial score (nSPS) is 23.6. The van der Waals surface area contributed by atoms with Crippen LogP contribution in [0.5, 0.6) is 0 Å². The number of nitrogens with zero attached hydrogens (tertiary/aromatic N) is 2. The van der Waals surface area contributed by atoms with Crippen molar-refractivity contribution in [2.24, 2.45) is 11.1 Å². The molecule has 0 unspecified atom stereocenters. The molecule has 2 aromatic heterocycles. The Morgan fingerprint density at radius 2 is 2.13 bits per heavy atom. The van der Waals surface area contributed by atoms with Crippen LogP contribution in [0, 0.1) is 5.92 Å². The molecule has 0 radical (unpaired) electrons. The number of aliphatic hydroxyl groups excluding tert-OH is 1. The van der Waals surface area contributed by atoms with Crippen molar-refractivity contribution >= 4 is 44.8 Å². The van der Waals surface area contributed by atoms with Crippen LogP contribution in [0.25, 0.3) is 0 Å². The molecule has 2 aliphatic rings. The number of nitrogens with one attached hydrogen (secondary N) is 1. The monoisotopic (exact) mass is 578 g/mol. The number of halogens is 1. The van der Waals surface area contributed by atoms with E-state index in [-0.39, 0.29) is 24.5 Å². The number of rotatable bonds is 8. The van der Waals surface area contributed by atoms with Crippen LogP contribution < -0.4 is 10.5 Å². The summed E-state index contributed by atoms with van der Waals surface area (Å²) in [5.74, 6) is -0.326. The fourth-order valence-electron chi connectivity index (χ4n) is 4.96. The van der Waals surface area contributed by atoms with Crippen LogP contribution in [0.2, 0.25) is 5.02 Å². The van der Waals surface area contributed by atoms with E-state index in [1.807, 2.05) is 24.3 Å². The van der Waals surface area contributed by atoms with E-state index in [0.717, 1.165) is 23.3 Å². The molecule has 38 heavy (non-hydrogen) atoms. The minimum atomic E-state index is -4.10. The van der Waals surface area contributed by atoms with Crippen molar-refractivity contribution < 1.29 is 27.2 Å². The van der Waals surface area contributed by atoms with Crippen molar-refractivity contribution in [3.05, 3.63) is 74.3 Å². The minimum Gasteiger partial charge on any atom is -0.393 e. The van der Waals surface area contributed by atoms with Gasteiger partial charge in [-0.25, -0.2) is 15.1 Å². The number of thiophene rings is 1. The number of aromatic nitrogens is 2. The van der Waals surface area contributed by atoms with Gasteiger partial charge in [-0.3, -0.25) is 8.98 Å². The summed E-state index contributed by atoms with van der Waals surface area (Å²) >= 11 is 7.64. The number of hydrogen-bond acceptors (Lipinski definition) is 10. The number of aryl methyl sites for hydroxylation is 1. The molecule has 5 rings (SSSR count). The fourth-order valence-corrected chi connectivity index (χ4v) is 6.54. The molecule has 4 N–H and O–H groups in total. The second-order valence-electron chi connectivity index (χ2n) is 9.43. The molecule has 4 atom stereocenters. The van der Waals surface area contributed by atoms with Gasteiger partial charge < -0.3 is 15.2 Å². The van der Waals surface area contributed by atoms with Crippen LogP contribution in [0.4, 0.5) is 5.82 Å². The molecule has 1 aromatic carbocycles. The zero-order chi connectivity index (χ0) is 26.9. The third kappa shape index (κ3) is 6.23. The summed E-state index contributed by atoms with van der Waals surface area (Å²) in [6.45, 7) is 0.387. The highest BCUT2D eigenvalue weighted by atomic mass is 35.5. The van der Waals surface area contributed by atoms with Crippen LogP contribution in [0.3, 0.4) is 0 Å². The van der Waals surface area contributed by atoms with Crippen LogP contribution in [0.1, 0.15) is 56.6 Å². The molecule has 1 aliphatic carbocycles. The molecular weight excluding hydrogens is 552 g/mol. The molecule has 0 saturated heterocycles. The standard InChI is InChI=1S/C25H27ClN4O6S2/c26-16-4-3-14-2-1-7-35-24(18(14)9-16)22-6-5-21(37-22)23(32)19-11-28-13-29-25(19)30-17-8-15(20(31)10-17)12-36-38(27,33)34/h3-6,9,11,13,15,17,20,24,31H,1-2,7-8,10,12H2,(H2,27,33,34)(H,28,29,30)/t15-,17-,20+,24+/m1/s1. The smallest absolute Gasteiger partial charge is 0.333 e. The molecule has 202 valence electrons. The molecule has 0 amide bonds. The number of nitrogens with two attached hydrogens (primary N) is 1. The summed E-state index contributed by atoms with van der Waals surface area (Å²) in [4.78, 5) is 23.3. The van der Waals surface area contributed by atoms with E-state index in [1.54, 1.807) is 6.07 Å². The molecule has 1 saturated carbocycles. The van der Waals surface area contributed by atoms with Gasteiger partial charge in [-0.05, 0) is 61.1 Å². The van der Waals surface area contributed by atoms with Gasteiger partial charge in [0.25, 0.3) is 0 Å². The van der Waals surface area contributed by atoms with Crippen LogP contribution >= 0.6 is 22.9 Å². The van der Waals surface area contributed by atoms with E-state index in [2.05, 4.69) is 19.5 Å². The first-order valence-electron chi connectivity index (χ1n) is 12.1. The predicted molar refractivity (Wildman–Crippen MR) is 143 cm³/mol. The number of ketones is 1. The zero-order valence-corrected chi connectivity index (χ0v) is 22.6. The zero-order valence-electron chi connectivity index (χ0n) is 20.2. The summed E-state index contributed by atoms with van der Waals surface area (Å²) < 4.78 is 33.0. The Bertz CT molecular complexity index is 1430. The quantitative estimate of drug-likeness (QED) is 0.342. The number of fused-ring (bicyclic) bond motifs is 1. The molecule has 1 aliphatic heterocycles. The Labute approximate surface area is 229 Å². The first-order valence-corrected chi connectivity index (χ1v) is 14.8. The highest BCUT2D eigenvalue weighted by Crippen LogP contribution is 2.38. The second-order valence-corrected chi connectivity index (χ2v) is 12.2. The number of carbonyl (C=O) groups is 1. The van der Waals surface area contributed by atoms with E-state index >= 15 is 0 Å². The first kappa shape index (κ1) is 27.1. The van der Waals surface area contributed by atoms with Gasteiger partial charge in [-0.1, -0.05) is 17.7 Å². The number of carbonyl (C=O) groups excluding carboxylic acids is 1. The molecule has 0 bridgehead atoms. The first-order chi connectivity index (χ1) is 18.2. The third-order valence-corrected chi connectivity index (χ3v) is 8.60. The lowest BCUT2D eigenvalue weighted by Gasteiger charge is -2.17. The summed E-state index contributed by atoms with van der Waals surface area (Å²) in [7, 11) is -4.10. The molecule has 10 nitrogen and oxygen atoms in total. The van der Waals surface area contributed by atoms with E-state index in [1.165, 1.54) is 29.4 Å². The molecular formula is C25H27ClN4O6S2. The van der Waals surface area contributed by atoms with Gasteiger partial charge in [-0.2, -0.15) is 8.42 Å². The number of benzene rings is 1. The van der Waals surface area contributed by atoms with Crippen molar-refractivity contribution in [1.82, 2.24) is 9.97 Å². The van der Waals surface area contributed by atoms with Crippen molar-refractivity contribution in [2.45, 2.75) is 43.9 Å². The largest absolute Gasteiger partial charge is 0.393 e. The fraction of sp³-hybridized carbons (Fsp3) is 0.400. The molecule has 0 spiro atoms. The van der Waals surface area contributed by atoms with Crippen molar-refractivity contribution in [3.8, 4) is 0 Å². The molecule has 3 aromatic rings. The lowest BCUT2D eigenvalue weighted by atomic mass is 9.99. The molecule has 13 heteroatoms. The molecule has 3 heterocycles. The van der Waals surface area contributed by atoms with Crippen molar-refractivity contribution in [1.29, 1.82) is 0 Å². The van der Waals surface area contributed by atoms with E-state index in [4.69, 9.17) is 21.5 Å². The van der Waals surface area contributed by atoms with E-state index in [0.29, 0.717) is 40.7 Å². The number of hydrogen-bond donors (Lipinski definition) is 3. The van der Waals surface area contributed by atoms with Crippen LogP contribution in [-0.2, 0) is 25.6 Å². The topological polar surface area (TPSA) is 154 Å². The molecule has 1 fully saturated rings. The van der Waals surface area contributed by atoms with Gasteiger partial charge in [-0.15, -0.1) is 11.3 Å². The summed E-state index contributed by atoms with van der Waals surface area (Å²) in [6.07, 6.45) is 4.27. The van der Waals surface area contributed by atoms with Gasteiger partial charge in [0.1, 0.15) is 18.2 Å². The van der Waals surface area contributed by atoms with Gasteiger partial charge in [0.15, 0.2) is 0 Å². The van der Waals surface area contributed by atoms with Gasteiger partial charge in [0, 0.05) is 34.7 Å². The van der Waals surface area contributed by atoms with Crippen molar-refractivity contribution in [2.75, 3.05) is 18.5 Å². The Hall–Kier alpha value is -2.45. The summed E-state index contributed by atoms with van der Waals surface area (Å²) in [6, 6.07) is 9.27. The van der Waals surface area contributed by atoms with Crippen molar-refractivity contribution in [3.63, 3.8) is 0 Å². The Morgan fingerprint density at radius 1 is 1.29 bits per heavy atom. The van der Waals surface area contributed by atoms with Crippen LogP contribution in [-0.4, -0.2) is 54.6 Å². The summed E-state index contributed by atoms with van der Waals surface area (Å²) in [5, 5.41) is 19.1. The highest BCUT2D eigenvalue weighted by molar-refractivity contribution is 7.84. The lowest BCUT2D eigenvalue weighted by Crippen LogP contribution is -2.24. The Balaban J connectivity index is 1.33. The maximum absolute atomic E-state index is 13.5. The third-order valence-electron chi connectivity index (χ3n) is 6.78. The Morgan fingerprint density at radius 3 is 2.95 bits per heavy atom.